The predicted octanol–water partition coefficient (Wildman–Crippen LogP) is 4.02. The van der Waals surface area contributed by atoms with E-state index in [0.29, 0.717) is 12.4 Å². The molecule has 0 saturated carbocycles. The molecule has 0 aliphatic heterocycles. The summed E-state index contributed by atoms with van der Waals surface area (Å²) in [6, 6.07) is 2.61. The fourth-order valence-electron chi connectivity index (χ4n) is 1.38. The molecule has 1 aromatic carbocycles. The Kier molecular flexibility index (Phi) is 5.39. The van der Waals surface area contributed by atoms with Crippen LogP contribution in [0.15, 0.2) is 12.1 Å². The number of hydrogen-bond acceptors (Lipinski definition) is 2. The number of rotatable bonds is 6. The predicted molar refractivity (Wildman–Crippen MR) is 65.5 cm³/mol. The zero-order chi connectivity index (χ0) is 12.0. The normalized spacial score (nSPS) is 10.4. The monoisotopic (exact) mass is 245 g/mol. The van der Waals surface area contributed by atoms with Gasteiger partial charge in [-0.25, -0.2) is 4.39 Å². The summed E-state index contributed by atoms with van der Waals surface area (Å²) in [5.41, 5.74) is 5.90. The van der Waals surface area contributed by atoms with Crippen LogP contribution in [-0.2, 0) is 0 Å². The summed E-state index contributed by atoms with van der Waals surface area (Å²) >= 11 is 5.64. The second-order valence-corrected chi connectivity index (χ2v) is 4.12. The second kappa shape index (κ2) is 6.59. The summed E-state index contributed by atoms with van der Waals surface area (Å²) in [5, 5.41) is 0.0396. The van der Waals surface area contributed by atoms with Crippen LogP contribution in [0.1, 0.15) is 32.6 Å². The quantitative estimate of drug-likeness (QED) is 0.607. The highest BCUT2D eigenvalue weighted by atomic mass is 35.5. The van der Waals surface area contributed by atoms with Crippen molar-refractivity contribution in [3.05, 3.63) is 23.0 Å². The fourth-order valence-corrected chi connectivity index (χ4v) is 1.53. The maximum atomic E-state index is 13.0. The number of hydrogen-bond donors (Lipinski definition) is 1. The van der Waals surface area contributed by atoms with Crippen LogP contribution in [0.25, 0.3) is 0 Å². The van der Waals surface area contributed by atoms with Crippen LogP contribution in [-0.4, -0.2) is 6.61 Å². The summed E-state index contributed by atoms with van der Waals surface area (Å²) < 4.78 is 18.4. The maximum Gasteiger partial charge on any atom is 0.144 e. The minimum atomic E-state index is -0.516. The van der Waals surface area contributed by atoms with Crippen molar-refractivity contribution < 1.29 is 9.13 Å². The molecule has 0 spiro atoms. The molecule has 90 valence electrons. The molecule has 0 radical (unpaired) electrons. The van der Waals surface area contributed by atoms with Gasteiger partial charge < -0.3 is 10.5 Å². The van der Waals surface area contributed by atoms with Gasteiger partial charge in [-0.15, -0.1) is 0 Å². The lowest BCUT2D eigenvalue weighted by Gasteiger charge is -2.09. The molecule has 0 fully saturated rings. The molecule has 0 aliphatic rings. The third-order valence-electron chi connectivity index (χ3n) is 2.31. The number of nitrogen functional groups attached to an aromatic ring is 1. The summed E-state index contributed by atoms with van der Waals surface area (Å²) in [4.78, 5) is 0. The molecule has 16 heavy (non-hydrogen) atoms. The van der Waals surface area contributed by atoms with Gasteiger partial charge in [0.1, 0.15) is 11.6 Å². The van der Waals surface area contributed by atoms with E-state index in [1.165, 1.54) is 25.0 Å². The van der Waals surface area contributed by atoms with Gasteiger partial charge in [-0.3, -0.25) is 0 Å². The number of anilines is 1. The Labute approximate surface area is 101 Å². The van der Waals surface area contributed by atoms with Gasteiger partial charge in [0.15, 0.2) is 0 Å². The van der Waals surface area contributed by atoms with Crippen molar-refractivity contribution in [2.75, 3.05) is 12.3 Å². The molecular weight excluding hydrogens is 229 g/mol. The lowest BCUT2D eigenvalue weighted by molar-refractivity contribution is 0.306. The third kappa shape index (κ3) is 3.89. The molecule has 1 aromatic rings. The number of unbranched alkanes of at least 4 members (excludes halogenated alkanes) is 3. The van der Waals surface area contributed by atoms with Crippen molar-refractivity contribution in [2.24, 2.45) is 0 Å². The topological polar surface area (TPSA) is 35.2 Å². The van der Waals surface area contributed by atoms with Crippen LogP contribution < -0.4 is 10.5 Å². The Morgan fingerprint density at radius 1 is 1.31 bits per heavy atom. The summed E-state index contributed by atoms with van der Waals surface area (Å²) in [6.07, 6.45) is 4.49. The van der Waals surface area contributed by atoms with Crippen LogP contribution in [0, 0.1) is 5.82 Å². The van der Waals surface area contributed by atoms with Crippen LogP contribution in [0.5, 0.6) is 5.75 Å². The van der Waals surface area contributed by atoms with Gasteiger partial charge in [0.25, 0.3) is 0 Å². The van der Waals surface area contributed by atoms with Gasteiger partial charge >= 0.3 is 0 Å². The standard InChI is InChI=1S/C12H17ClFNO/c1-2-3-4-5-6-16-12-7-9(13)10(14)8-11(12)15/h7-8H,2-6,15H2,1H3. The summed E-state index contributed by atoms with van der Waals surface area (Å²) in [6.45, 7) is 2.74. The van der Waals surface area contributed by atoms with E-state index in [1.807, 2.05) is 0 Å². The maximum absolute atomic E-state index is 13.0. The zero-order valence-electron chi connectivity index (χ0n) is 9.43. The van der Waals surface area contributed by atoms with Gasteiger partial charge in [-0.1, -0.05) is 37.8 Å². The lowest BCUT2D eigenvalue weighted by atomic mass is 10.2. The van der Waals surface area contributed by atoms with E-state index in [4.69, 9.17) is 22.1 Å². The highest BCUT2D eigenvalue weighted by molar-refractivity contribution is 6.31. The van der Waals surface area contributed by atoms with E-state index in [0.717, 1.165) is 12.8 Å². The molecule has 0 saturated heterocycles. The first kappa shape index (κ1) is 13.1. The average molecular weight is 246 g/mol. The van der Waals surface area contributed by atoms with Gasteiger partial charge in [0, 0.05) is 12.1 Å². The lowest BCUT2D eigenvalue weighted by Crippen LogP contribution is -2.01. The molecule has 0 aliphatic carbocycles. The van der Waals surface area contributed by atoms with E-state index in [1.54, 1.807) is 0 Å². The molecule has 0 unspecified atom stereocenters. The molecular formula is C12H17ClFNO. The minimum absolute atomic E-state index is 0.0396. The highest BCUT2D eigenvalue weighted by Gasteiger charge is 2.06. The SMILES string of the molecule is CCCCCCOc1cc(Cl)c(F)cc1N. The van der Waals surface area contributed by atoms with Gasteiger partial charge in [0.2, 0.25) is 0 Å². The number of halogens is 2. The largest absolute Gasteiger partial charge is 0.491 e. The fraction of sp³-hybridized carbons (Fsp3) is 0.500. The Hall–Kier alpha value is -0.960. The van der Waals surface area contributed by atoms with Crippen molar-refractivity contribution in [3.8, 4) is 5.75 Å². The minimum Gasteiger partial charge on any atom is -0.491 e. The van der Waals surface area contributed by atoms with Crippen LogP contribution in [0.4, 0.5) is 10.1 Å². The molecule has 0 bridgehead atoms. The zero-order valence-corrected chi connectivity index (χ0v) is 10.2. The van der Waals surface area contributed by atoms with Crippen molar-refractivity contribution in [1.29, 1.82) is 0 Å². The first-order valence-electron chi connectivity index (χ1n) is 5.52. The molecule has 4 heteroatoms. The average Bonchev–Trinajstić information content (AvgIpc) is 2.25. The molecule has 0 amide bonds. The van der Waals surface area contributed by atoms with Gasteiger partial charge in [0.05, 0.1) is 17.3 Å². The molecule has 0 heterocycles. The second-order valence-electron chi connectivity index (χ2n) is 3.71. The van der Waals surface area contributed by atoms with E-state index in [2.05, 4.69) is 6.92 Å². The van der Waals surface area contributed by atoms with E-state index >= 15 is 0 Å². The highest BCUT2D eigenvalue weighted by Crippen LogP contribution is 2.28. The Morgan fingerprint density at radius 2 is 2.06 bits per heavy atom. The molecule has 2 nitrogen and oxygen atoms in total. The van der Waals surface area contributed by atoms with Crippen molar-refractivity contribution in [2.45, 2.75) is 32.6 Å². The number of nitrogens with two attached hydrogens (primary N) is 1. The van der Waals surface area contributed by atoms with Crippen LogP contribution >= 0.6 is 11.6 Å². The molecule has 1 rings (SSSR count). The van der Waals surface area contributed by atoms with Gasteiger partial charge in [-0.2, -0.15) is 0 Å². The van der Waals surface area contributed by atoms with Crippen LogP contribution in [0.2, 0.25) is 5.02 Å². The number of ether oxygens (including phenoxy) is 1. The molecule has 0 aromatic heterocycles. The molecule has 0 atom stereocenters. The third-order valence-corrected chi connectivity index (χ3v) is 2.60. The Morgan fingerprint density at radius 3 is 2.75 bits per heavy atom. The van der Waals surface area contributed by atoms with Crippen molar-refractivity contribution >= 4 is 17.3 Å². The van der Waals surface area contributed by atoms with Crippen molar-refractivity contribution in [1.82, 2.24) is 0 Å². The van der Waals surface area contributed by atoms with E-state index in [-0.39, 0.29) is 10.7 Å². The van der Waals surface area contributed by atoms with E-state index in [9.17, 15) is 4.39 Å². The summed E-state index contributed by atoms with van der Waals surface area (Å²) in [5.74, 6) is -0.0552. The van der Waals surface area contributed by atoms with Crippen LogP contribution in [0.3, 0.4) is 0 Å². The number of benzene rings is 1. The van der Waals surface area contributed by atoms with Crippen molar-refractivity contribution in [3.63, 3.8) is 0 Å². The summed E-state index contributed by atoms with van der Waals surface area (Å²) in [7, 11) is 0. The first-order valence-corrected chi connectivity index (χ1v) is 5.90. The molecule has 2 N–H and O–H groups in total. The first-order chi connectivity index (χ1) is 7.65. The van der Waals surface area contributed by atoms with Gasteiger partial charge in [-0.05, 0) is 6.42 Å². The Balaban J connectivity index is 2.45. The Bertz CT molecular complexity index is 344. The van der Waals surface area contributed by atoms with E-state index < -0.39 is 5.82 Å². The smallest absolute Gasteiger partial charge is 0.144 e.